The minimum Gasteiger partial charge on any atom is -0.318 e. The fraction of sp³-hybridized carbons (Fsp3) is 0.600. The van der Waals surface area contributed by atoms with Crippen molar-refractivity contribution in [1.82, 2.24) is 0 Å². The van der Waals surface area contributed by atoms with Crippen LogP contribution in [0.15, 0.2) is 10.3 Å². The van der Waals surface area contributed by atoms with Crippen molar-refractivity contribution in [3.05, 3.63) is 0 Å². The highest BCUT2D eigenvalue weighted by atomic mass is 16.7. The van der Waals surface area contributed by atoms with Gasteiger partial charge in [0, 0.05) is 0 Å². The maximum atomic E-state index is 10.9. The van der Waals surface area contributed by atoms with Crippen molar-refractivity contribution in [2.75, 3.05) is 0 Å². The molecule has 0 aliphatic rings. The normalized spacial score (nSPS) is 11.6. The molecular weight excluding hydrogens is 212 g/mol. The molecule has 0 heterocycles. The van der Waals surface area contributed by atoms with Crippen molar-refractivity contribution < 1.29 is 19.3 Å². The molecule has 0 N–H and O–H groups in total. The first-order valence-corrected chi connectivity index (χ1v) is 4.92. The Labute approximate surface area is 94.3 Å². The number of carbonyl (C=O) groups is 2. The van der Waals surface area contributed by atoms with E-state index in [-0.39, 0.29) is 11.8 Å². The van der Waals surface area contributed by atoms with Gasteiger partial charge in [-0.15, -0.1) is 0 Å². The van der Waals surface area contributed by atoms with Crippen LogP contribution in [0.4, 0.5) is 0 Å². The molecule has 90 valence electrons. The summed E-state index contributed by atoms with van der Waals surface area (Å²) in [5.74, 6) is -1.37. The van der Waals surface area contributed by atoms with Gasteiger partial charge in [-0.05, 0) is 0 Å². The minimum atomic E-state index is -0.441. The first-order valence-electron chi connectivity index (χ1n) is 4.92. The van der Waals surface area contributed by atoms with Crippen molar-refractivity contribution in [1.29, 1.82) is 0 Å². The standard InChI is InChI=1S/C10H16N2O4/c1-7(2)9(13)15-11-5-6-12-16-10(14)8(3)4/h5-8H,1-4H3. The summed E-state index contributed by atoms with van der Waals surface area (Å²) in [6.45, 7) is 6.76. The highest BCUT2D eigenvalue weighted by Crippen LogP contribution is 1.96. The minimum absolute atomic E-state index is 0.243. The SMILES string of the molecule is CC(C)C(=O)ON=CC=NOC(=O)C(C)C. The van der Waals surface area contributed by atoms with Gasteiger partial charge in [-0.3, -0.25) is 0 Å². The molecule has 0 aliphatic carbocycles. The Balaban J connectivity index is 3.80. The lowest BCUT2D eigenvalue weighted by Gasteiger charge is -1.98. The van der Waals surface area contributed by atoms with Gasteiger partial charge < -0.3 is 9.68 Å². The molecule has 6 nitrogen and oxygen atoms in total. The van der Waals surface area contributed by atoms with Gasteiger partial charge in [-0.1, -0.05) is 38.0 Å². The lowest BCUT2D eigenvalue weighted by molar-refractivity contribution is -0.148. The van der Waals surface area contributed by atoms with Gasteiger partial charge in [0.05, 0.1) is 24.3 Å². The maximum absolute atomic E-state index is 10.9. The summed E-state index contributed by atoms with van der Waals surface area (Å²) < 4.78 is 0. The molecule has 0 fully saturated rings. The zero-order valence-electron chi connectivity index (χ0n) is 9.84. The van der Waals surface area contributed by atoms with E-state index in [0.29, 0.717) is 0 Å². The zero-order valence-corrected chi connectivity index (χ0v) is 9.84. The van der Waals surface area contributed by atoms with Crippen LogP contribution in [0.5, 0.6) is 0 Å². The van der Waals surface area contributed by atoms with E-state index in [0.717, 1.165) is 12.4 Å². The van der Waals surface area contributed by atoms with Gasteiger partial charge in [-0.25, -0.2) is 9.59 Å². The first kappa shape index (κ1) is 14.3. The van der Waals surface area contributed by atoms with E-state index in [4.69, 9.17) is 0 Å². The van der Waals surface area contributed by atoms with Crippen LogP contribution in [0.1, 0.15) is 27.7 Å². The average Bonchev–Trinajstić information content (AvgIpc) is 2.21. The highest BCUT2D eigenvalue weighted by molar-refractivity contribution is 6.15. The summed E-state index contributed by atoms with van der Waals surface area (Å²) >= 11 is 0. The number of carbonyl (C=O) groups excluding carboxylic acids is 2. The fourth-order valence-electron chi connectivity index (χ4n) is 0.430. The van der Waals surface area contributed by atoms with E-state index < -0.39 is 11.9 Å². The molecule has 0 saturated carbocycles. The molecule has 0 rings (SSSR count). The molecule has 16 heavy (non-hydrogen) atoms. The van der Waals surface area contributed by atoms with E-state index >= 15 is 0 Å². The van der Waals surface area contributed by atoms with Gasteiger partial charge in [0.15, 0.2) is 0 Å². The van der Waals surface area contributed by atoms with Crippen molar-refractivity contribution >= 4 is 24.4 Å². The van der Waals surface area contributed by atoms with Crippen molar-refractivity contribution in [3.8, 4) is 0 Å². The lowest BCUT2D eigenvalue weighted by Crippen LogP contribution is -2.08. The summed E-state index contributed by atoms with van der Waals surface area (Å²) in [7, 11) is 0. The summed E-state index contributed by atoms with van der Waals surface area (Å²) in [5, 5.41) is 6.64. The van der Waals surface area contributed by atoms with Gasteiger partial charge in [-0.2, -0.15) is 0 Å². The number of hydrogen-bond donors (Lipinski definition) is 0. The molecule has 0 spiro atoms. The van der Waals surface area contributed by atoms with Gasteiger partial charge in [0.1, 0.15) is 0 Å². The third-order valence-electron chi connectivity index (χ3n) is 1.42. The topological polar surface area (TPSA) is 77.3 Å². The van der Waals surface area contributed by atoms with Crippen LogP contribution >= 0.6 is 0 Å². The lowest BCUT2D eigenvalue weighted by atomic mass is 10.2. The van der Waals surface area contributed by atoms with E-state index in [9.17, 15) is 9.59 Å². The molecule has 0 aromatic carbocycles. The van der Waals surface area contributed by atoms with Crippen LogP contribution in [0.2, 0.25) is 0 Å². The number of oxime groups is 2. The third-order valence-corrected chi connectivity index (χ3v) is 1.42. The second kappa shape index (κ2) is 7.56. The second-order valence-electron chi connectivity index (χ2n) is 3.64. The van der Waals surface area contributed by atoms with E-state index in [1.54, 1.807) is 27.7 Å². The monoisotopic (exact) mass is 228 g/mol. The Morgan fingerprint density at radius 1 is 0.875 bits per heavy atom. The number of nitrogens with zero attached hydrogens (tertiary/aromatic N) is 2. The predicted molar refractivity (Wildman–Crippen MR) is 58.8 cm³/mol. The van der Waals surface area contributed by atoms with Crippen LogP contribution < -0.4 is 0 Å². The maximum Gasteiger partial charge on any atom is 0.337 e. The van der Waals surface area contributed by atoms with Crippen LogP contribution in [-0.2, 0) is 19.3 Å². The third kappa shape index (κ3) is 6.69. The Bertz CT molecular complexity index is 265. The Hall–Kier alpha value is -1.72. The van der Waals surface area contributed by atoms with E-state index in [1.165, 1.54) is 0 Å². The molecule has 0 saturated heterocycles. The smallest absolute Gasteiger partial charge is 0.318 e. The van der Waals surface area contributed by atoms with Crippen molar-refractivity contribution in [2.24, 2.45) is 22.1 Å². The predicted octanol–water partition coefficient (Wildman–Crippen LogP) is 1.36. The van der Waals surface area contributed by atoms with Gasteiger partial charge in [0.2, 0.25) is 0 Å². The summed E-state index contributed by atoms with van der Waals surface area (Å²) in [5.41, 5.74) is 0. The van der Waals surface area contributed by atoms with Gasteiger partial charge >= 0.3 is 11.9 Å². The van der Waals surface area contributed by atoms with Crippen LogP contribution in [0, 0.1) is 11.8 Å². The largest absolute Gasteiger partial charge is 0.337 e. The van der Waals surface area contributed by atoms with Crippen LogP contribution in [0.3, 0.4) is 0 Å². The molecular formula is C10H16N2O4. The van der Waals surface area contributed by atoms with Crippen molar-refractivity contribution in [2.45, 2.75) is 27.7 Å². The van der Waals surface area contributed by atoms with Crippen LogP contribution in [0.25, 0.3) is 0 Å². The summed E-state index contributed by atoms with van der Waals surface area (Å²) in [6, 6.07) is 0. The summed E-state index contributed by atoms with van der Waals surface area (Å²) in [4.78, 5) is 30.7. The molecule has 0 amide bonds. The van der Waals surface area contributed by atoms with Crippen molar-refractivity contribution in [3.63, 3.8) is 0 Å². The van der Waals surface area contributed by atoms with E-state index in [1.807, 2.05) is 0 Å². The molecule has 0 bridgehead atoms. The number of hydrogen-bond acceptors (Lipinski definition) is 6. The summed E-state index contributed by atoms with van der Waals surface area (Å²) in [6.07, 6.45) is 2.24. The first-order chi connectivity index (χ1) is 7.45. The van der Waals surface area contributed by atoms with Gasteiger partial charge in [0.25, 0.3) is 0 Å². The van der Waals surface area contributed by atoms with Crippen LogP contribution in [-0.4, -0.2) is 24.4 Å². The molecule has 0 radical (unpaired) electrons. The highest BCUT2D eigenvalue weighted by Gasteiger charge is 2.07. The molecule has 0 atom stereocenters. The quantitative estimate of drug-likeness (QED) is 0.404. The second-order valence-corrected chi connectivity index (χ2v) is 3.64. The molecule has 0 aliphatic heterocycles. The van der Waals surface area contributed by atoms with E-state index in [2.05, 4.69) is 20.0 Å². The molecule has 6 heteroatoms. The molecule has 0 aromatic rings. The average molecular weight is 228 g/mol. The molecule has 0 unspecified atom stereocenters. The number of rotatable bonds is 5. The Kier molecular flexibility index (Phi) is 6.74. The molecule has 0 aromatic heterocycles. The Morgan fingerprint density at radius 2 is 1.19 bits per heavy atom. The Morgan fingerprint density at radius 3 is 1.44 bits per heavy atom. The zero-order chi connectivity index (χ0) is 12.6. The fourth-order valence-corrected chi connectivity index (χ4v) is 0.430.